The molecule has 0 saturated carbocycles. The van der Waals surface area contributed by atoms with Crippen LogP contribution in [0.3, 0.4) is 0 Å². The number of furan rings is 1. The molecule has 0 aliphatic carbocycles. The Hall–Kier alpha value is -1.51. The number of carbonyl (C=O) groups excluding carboxylic acids is 1. The van der Waals surface area contributed by atoms with Gasteiger partial charge in [0.15, 0.2) is 0 Å². The van der Waals surface area contributed by atoms with E-state index < -0.39 is 5.97 Å². The van der Waals surface area contributed by atoms with Crippen LogP contribution in [-0.4, -0.2) is 5.97 Å². The smallest absolute Gasteiger partial charge is 0.379 e. The lowest BCUT2D eigenvalue weighted by Crippen LogP contribution is -2.03. The Labute approximate surface area is 83.4 Å². The normalized spacial score (nSPS) is 9.79. The van der Waals surface area contributed by atoms with Gasteiger partial charge in [0.2, 0.25) is 5.76 Å². The lowest BCUT2D eigenvalue weighted by molar-refractivity contribution is 0.0579. The molecule has 1 rings (SSSR count). The number of rotatable bonds is 5. The van der Waals surface area contributed by atoms with Crippen molar-refractivity contribution < 1.29 is 13.9 Å². The van der Waals surface area contributed by atoms with Gasteiger partial charge in [0.05, 0.1) is 6.26 Å². The Morgan fingerprint density at radius 3 is 3.00 bits per heavy atom. The van der Waals surface area contributed by atoms with Crippen molar-refractivity contribution in [3.63, 3.8) is 0 Å². The first-order valence-corrected chi connectivity index (χ1v) is 4.67. The number of allylic oxidation sites excluding steroid dienone is 1. The predicted octanol–water partition coefficient (Wildman–Crippen LogP) is 3.14. The quantitative estimate of drug-likeness (QED) is 0.534. The van der Waals surface area contributed by atoms with E-state index in [1.807, 2.05) is 0 Å². The van der Waals surface area contributed by atoms with Crippen LogP contribution in [0, 0.1) is 0 Å². The molecule has 1 aromatic rings. The molecule has 0 bridgehead atoms. The van der Waals surface area contributed by atoms with Gasteiger partial charge in [-0.15, -0.1) is 0 Å². The van der Waals surface area contributed by atoms with E-state index in [0.717, 1.165) is 12.8 Å². The van der Waals surface area contributed by atoms with Crippen molar-refractivity contribution in [1.29, 1.82) is 0 Å². The highest BCUT2D eigenvalue weighted by atomic mass is 16.5. The summed E-state index contributed by atoms with van der Waals surface area (Å²) >= 11 is 0. The number of unbranched alkanes of at least 4 members (excludes halogenated alkanes) is 1. The Morgan fingerprint density at radius 1 is 1.64 bits per heavy atom. The summed E-state index contributed by atoms with van der Waals surface area (Å²) in [6.45, 7) is 5.73. The van der Waals surface area contributed by atoms with Crippen molar-refractivity contribution in [2.45, 2.75) is 26.2 Å². The summed E-state index contributed by atoms with van der Waals surface area (Å²) in [5.41, 5.74) is 0. The zero-order chi connectivity index (χ0) is 10.4. The second-order valence-corrected chi connectivity index (χ2v) is 3.01. The topological polar surface area (TPSA) is 39.4 Å². The molecule has 1 aromatic heterocycles. The molecule has 0 N–H and O–H groups in total. The molecule has 0 saturated heterocycles. The number of hydrogen-bond acceptors (Lipinski definition) is 3. The summed E-state index contributed by atoms with van der Waals surface area (Å²) in [4.78, 5) is 11.3. The van der Waals surface area contributed by atoms with E-state index in [2.05, 4.69) is 13.5 Å². The molecular weight excluding hydrogens is 180 g/mol. The second-order valence-electron chi connectivity index (χ2n) is 3.01. The minimum atomic E-state index is -0.476. The van der Waals surface area contributed by atoms with Gasteiger partial charge in [-0.05, 0) is 18.6 Å². The van der Waals surface area contributed by atoms with Gasteiger partial charge in [-0.3, -0.25) is 0 Å². The third kappa shape index (κ3) is 3.09. The molecule has 0 radical (unpaired) electrons. The predicted molar refractivity (Wildman–Crippen MR) is 52.8 cm³/mol. The lowest BCUT2D eigenvalue weighted by Gasteiger charge is -2.04. The minimum absolute atomic E-state index is 0.211. The Morgan fingerprint density at radius 2 is 2.43 bits per heavy atom. The van der Waals surface area contributed by atoms with Crippen molar-refractivity contribution in [3.8, 4) is 0 Å². The Balaban J connectivity index is 2.38. The van der Waals surface area contributed by atoms with Crippen LogP contribution in [0.1, 0.15) is 36.7 Å². The molecule has 0 aliphatic heterocycles. The molecule has 0 atom stereocenters. The molecule has 3 heteroatoms. The van der Waals surface area contributed by atoms with E-state index in [-0.39, 0.29) is 5.76 Å². The van der Waals surface area contributed by atoms with E-state index in [9.17, 15) is 4.79 Å². The summed E-state index contributed by atoms with van der Waals surface area (Å²) in [7, 11) is 0. The van der Waals surface area contributed by atoms with Gasteiger partial charge < -0.3 is 9.15 Å². The summed E-state index contributed by atoms with van der Waals surface area (Å²) in [6.07, 6.45) is 4.18. The van der Waals surface area contributed by atoms with Crippen LogP contribution in [0.2, 0.25) is 0 Å². The summed E-state index contributed by atoms with van der Waals surface area (Å²) in [6, 6.07) is 3.21. The molecule has 0 spiro atoms. The number of ether oxygens (including phenoxy) is 1. The van der Waals surface area contributed by atoms with E-state index in [4.69, 9.17) is 9.15 Å². The zero-order valence-corrected chi connectivity index (χ0v) is 8.29. The molecular formula is C11H14O3. The van der Waals surface area contributed by atoms with E-state index in [1.165, 1.54) is 6.26 Å². The van der Waals surface area contributed by atoms with Gasteiger partial charge in [0.25, 0.3) is 0 Å². The molecule has 14 heavy (non-hydrogen) atoms. The Kier molecular flexibility index (Phi) is 3.98. The standard InChI is InChI=1S/C11H14O3/c1-3-4-6-9(2)14-11(12)10-7-5-8-13-10/h5,7-8H,2-4,6H2,1H3. The van der Waals surface area contributed by atoms with Crippen LogP contribution in [0.5, 0.6) is 0 Å². The molecule has 0 amide bonds. The molecule has 3 nitrogen and oxygen atoms in total. The number of hydrogen-bond donors (Lipinski definition) is 0. The van der Waals surface area contributed by atoms with E-state index >= 15 is 0 Å². The zero-order valence-electron chi connectivity index (χ0n) is 8.29. The summed E-state index contributed by atoms with van der Waals surface area (Å²) in [5, 5.41) is 0. The van der Waals surface area contributed by atoms with Crippen LogP contribution in [0.15, 0.2) is 35.2 Å². The van der Waals surface area contributed by atoms with Crippen molar-refractivity contribution in [3.05, 3.63) is 36.5 Å². The fraction of sp³-hybridized carbons (Fsp3) is 0.364. The molecule has 76 valence electrons. The summed E-state index contributed by atoms with van der Waals surface area (Å²) < 4.78 is 9.85. The molecule has 1 heterocycles. The van der Waals surface area contributed by atoms with Crippen LogP contribution in [-0.2, 0) is 4.74 Å². The third-order valence-electron chi connectivity index (χ3n) is 1.77. The first kappa shape index (κ1) is 10.6. The third-order valence-corrected chi connectivity index (χ3v) is 1.77. The number of carbonyl (C=O) groups is 1. The SMILES string of the molecule is C=C(CCCC)OC(=O)c1ccco1. The summed E-state index contributed by atoms with van der Waals surface area (Å²) in [5.74, 6) is 0.229. The largest absolute Gasteiger partial charge is 0.457 e. The highest BCUT2D eigenvalue weighted by molar-refractivity contribution is 5.86. The molecule has 0 aromatic carbocycles. The first-order chi connectivity index (χ1) is 6.74. The van der Waals surface area contributed by atoms with Crippen molar-refractivity contribution in [1.82, 2.24) is 0 Å². The highest BCUT2D eigenvalue weighted by Gasteiger charge is 2.11. The van der Waals surface area contributed by atoms with Gasteiger partial charge >= 0.3 is 5.97 Å². The maximum absolute atomic E-state index is 11.3. The molecule has 0 unspecified atom stereocenters. The number of esters is 1. The van der Waals surface area contributed by atoms with Crippen molar-refractivity contribution >= 4 is 5.97 Å². The van der Waals surface area contributed by atoms with Gasteiger partial charge in [0, 0.05) is 6.42 Å². The van der Waals surface area contributed by atoms with Crippen molar-refractivity contribution in [2.24, 2.45) is 0 Å². The molecule has 0 aliphatic rings. The van der Waals surface area contributed by atoms with Gasteiger partial charge in [-0.25, -0.2) is 4.79 Å². The second kappa shape index (κ2) is 5.27. The minimum Gasteiger partial charge on any atom is -0.457 e. The fourth-order valence-electron chi connectivity index (χ4n) is 1.00. The average Bonchev–Trinajstić information content (AvgIpc) is 2.67. The Bertz CT molecular complexity index is 298. The van der Waals surface area contributed by atoms with Crippen LogP contribution < -0.4 is 0 Å². The maximum atomic E-state index is 11.3. The first-order valence-electron chi connectivity index (χ1n) is 4.67. The van der Waals surface area contributed by atoms with Crippen LogP contribution in [0.25, 0.3) is 0 Å². The highest BCUT2D eigenvalue weighted by Crippen LogP contribution is 2.10. The maximum Gasteiger partial charge on any atom is 0.379 e. The van der Waals surface area contributed by atoms with Gasteiger partial charge in [0.1, 0.15) is 5.76 Å². The van der Waals surface area contributed by atoms with E-state index in [1.54, 1.807) is 12.1 Å². The van der Waals surface area contributed by atoms with Gasteiger partial charge in [-0.1, -0.05) is 19.9 Å². The van der Waals surface area contributed by atoms with Gasteiger partial charge in [-0.2, -0.15) is 0 Å². The average molecular weight is 194 g/mol. The van der Waals surface area contributed by atoms with Crippen LogP contribution >= 0.6 is 0 Å². The molecule has 0 fully saturated rings. The lowest BCUT2D eigenvalue weighted by atomic mass is 10.2. The monoisotopic (exact) mass is 194 g/mol. The van der Waals surface area contributed by atoms with Crippen LogP contribution in [0.4, 0.5) is 0 Å². The van der Waals surface area contributed by atoms with Crippen molar-refractivity contribution in [2.75, 3.05) is 0 Å². The fourth-order valence-corrected chi connectivity index (χ4v) is 1.00. The van der Waals surface area contributed by atoms with E-state index in [0.29, 0.717) is 12.2 Å².